The Morgan fingerprint density at radius 3 is 0.892 bits per heavy atom. The molecule has 0 saturated heterocycles. The highest BCUT2D eigenvalue weighted by atomic mass is 16.6. The van der Waals surface area contributed by atoms with Crippen LogP contribution in [0.5, 0.6) is 0 Å². The lowest BCUT2D eigenvalue weighted by molar-refractivity contribution is -0.167. The van der Waals surface area contributed by atoms with Gasteiger partial charge in [-0.1, -0.05) is 185 Å². The highest BCUT2D eigenvalue weighted by Crippen LogP contribution is 2.09. The summed E-state index contributed by atoms with van der Waals surface area (Å²) in [6.45, 7) is 6.13. The number of allylic oxidation sites excluding steroid dienone is 26. The number of ether oxygens (including phenoxy) is 3. The molecule has 0 radical (unpaired) electrons. The van der Waals surface area contributed by atoms with Crippen molar-refractivity contribution in [3.63, 3.8) is 0 Å². The largest absolute Gasteiger partial charge is 0.462 e. The molecule has 6 heteroatoms. The van der Waals surface area contributed by atoms with Gasteiger partial charge >= 0.3 is 17.9 Å². The van der Waals surface area contributed by atoms with E-state index in [1.807, 2.05) is 0 Å². The third-order valence-corrected chi connectivity index (χ3v) is 9.51. The fourth-order valence-electron chi connectivity index (χ4n) is 5.88. The standard InChI is InChI=1S/C59H88O6/c1-4-7-10-13-16-19-22-25-27-29-31-34-37-40-43-46-49-52-58(61)64-55-56(54-63-57(60)51-48-45-42-39-36-33-24-21-18-15-12-9-6-3)65-59(62)53-50-47-44-41-38-35-32-30-28-26-23-20-17-14-11-8-5-2/h7-12,16-21,25-28,31-36,40-41,43-44,56H,4-6,13-15,22-24,29-30,37-39,42,45-55H2,1-3H3/b10-7-,11-8-,12-9-,19-16-,20-17-,21-18-,27-25-,28-26-,34-31-,35-32-,36-33-,43-40-,44-41-. The van der Waals surface area contributed by atoms with Gasteiger partial charge in [0.2, 0.25) is 0 Å². The number of hydrogen-bond acceptors (Lipinski definition) is 6. The number of esters is 3. The number of unbranched alkanes of at least 4 members (excludes halogenated alkanes) is 5. The summed E-state index contributed by atoms with van der Waals surface area (Å²) in [5.74, 6) is -1.10. The second-order valence-electron chi connectivity index (χ2n) is 15.6. The van der Waals surface area contributed by atoms with Gasteiger partial charge in [-0.25, -0.2) is 0 Å². The Balaban J connectivity index is 4.66. The number of carbonyl (C=O) groups is 3. The Hall–Kier alpha value is -4.97. The molecule has 0 aliphatic heterocycles. The van der Waals surface area contributed by atoms with E-state index in [4.69, 9.17) is 14.2 Å². The smallest absolute Gasteiger partial charge is 0.306 e. The molecule has 0 aliphatic rings. The van der Waals surface area contributed by atoms with Crippen molar-refractivity contribution in [2.45, 2.75) is 181 Å². The van der Waals surface area contributed by atoms with Gasteiger partial charge in [-0.2, -0.15) is 0 Å². The van der Waals surface area contributed by atoms with E-state index in [9.17, 15) is 14.4 Å². The molecule has 0 heterocycles. The van der Waals surface area contributed by atoms with Crippen LogP contribution in [0.3, 0.4) is 0 Å². The van der Waals surface area contributed by atoms with E-state index in [-0.39, 0.29) is 38.0 Å². The molecule has 65 heavy (non-hydrogen) atoms. The molecule has 0 aromatic heterocycles. The van der Waals surface area contributed by atoms with Gasteiger partial charge < -0.3 is 14.2 Å². The average Bonchev–Trinajstić information content (AvgIpc) is 3.30. The first-order chi connectivity index (χ1) is 32.0. The van der Waals surface area contributed by atoms with Gasteiger partial charge in [-0.3, -0.25) is 14.4 Å². The Kier molecular flexibility index (Phi) is 47.7. The molecule has 0 saturated carbocycles. The van der Waals surface area contributed by atoms with E-state index in [1.54, 1.807) is 0 Å². The zero-order chi connectivity index (χ0) is 47.2. The summed E-state index contributed by atoms with van der Waals surface area (Å²) in [7, 11) is 0. The minimum Gasteiger partial charge on any atom is -0.462 e. The maximum atomic E-state index is 12.8. The SMILES string of the molecule is CC/C=C\C/C=C\C/C=C\C/C=C\C/C=C\CCCC(=O)OCC(COC(=O)CCCCC/C=C\C/C=C\C/C=C\CC)OC(=O)CCC/C=C\C/C=C\C/C=C\C/C=C\C/C=C\CC. The summed E-state index contributed by atoms with van der Waals surface area (Å²) in [6, 6.07) is 0. The van der Waals surface area contributed by atoms with Crippen LogP contribution in [0, 0.1) is 0 Å². The number of carbonyl (C=O) groups excluding carboxylic acids is 3. The second-order valence-corrected chi connectivity index (χ2v) is 15.6. The van der Waals surface area contributed by atoms with Crippen molar-refractivity contribution >= 4 is 17.9 Å². The van der Waals surface area contributed by atoms with E-state index in [0.29, 0.717) is 19.3 Å². The molecule has 0 aromatic carbocycles. The van der Waals surface area contributed by atoms with Gasteiger partial charge in [0, 0.05) is 19.3 Å². The maximum absolute atomic E-state index is 12.8. The topological polar surface area (TPSA) is 78.9 Å². The molecular weight excluding hydrogens is 805 g/mol. The molecule has 6 nitrogen and oxygen atoms in total. The molecular formula is C59H88O6. The minimum absolute atomic E-state index is 0.142. The van der Waals surface area contributed by atoms with Crippen molar-refractivity contribution in [2.24, 2.45) is 0 Å². The zero-order valence-electron chi connectivity index (χ0n) is 40.9. The van der Waals surface area contributed by atoms with Crippen LogP contribution in [-0.4, -0.2) is 37.2 Å². The summed E-state index contributed by atoms with van der Waals surface area (Å²) in [4.78, 5) is 37.9. The fourth-order valence-corrected chi connectivity index (χ4v) is 5.88. The fraction of sp³-hybridized carbons (Fsp3) is 0.508. The molecule has 0 N–H and O–H groups in total. The normalized spacial score (nSPS) is 13.5. The second kappa shape index (κ2) is 51.7. The van der Waals surface area contributed by atoms with Gasteiger partial charge in [0.05, 0.1) is 0 Å². The maximum Gasteiger partial charge on any atom is 0.306 e. The monoisotopic (exact) mass is 893 g/mol. The van der Waals surface area contributed by atoms with Gasteiger partial charge in [0.25, 0.3) is 0 Å². The van der Waals surface area contributed by atoms with Crippen molar-refractivity contribution in [1.29, 1.82) is 0 Å². The van der Waals surface area contributed by atoms with Crippen LogP contribution in [0.4, 0.5) is 0 Å². The van der Waals surface area contributed by atoms with E-state index in [1.165, 1.54) is 0 Å². The highest BCUT2D eigenvalue weighted by molar-refractivity contribution is 5.71. The van der Waals surface area contributed by atoms with Crippen LogP contribution in [-0.2, 0) is 28.6 Å². The summed E-state index contributed by atoms with van der Waals surface area (Å²) in [5, 5.41) is 0. The van der Waals surface area contributed by atoms with Crippen LogP contribution in [0.15, 0.2) is 158 Å². The van der Waals surface area contributed by atoms with E-state index >= 15 is 0 Å². The molecule has 1 unspecified atom stereocenters. The Morgan fingerprint density at radius 2 is 0.569 bits per heavy atom. The van der Waals surface area contributed by atoms with Crippen LogP contribution in [0.25, 0.3) is 0 Å². The minimum atomic E-state index is -0.850. The van der Waals surface area contributed by atoms with Crippen molar-refractivity contribution in [3.05, 3.63) is 158 Å². The lowest BCUT2D eigenvalue weighted by Crippen LogP contribution is -2.30. The lowest BCUT2D eigenvalue weighted by Gasteiger charge is -2.18. The average molecular weight is 893 g/mol. The summed E-state index contributed by atoms with van der Waals surface area (Å²) in [5.41, 5.74) is 0. The number of hydrogen-bond donors (Lipinski definition) is 0. The molecule has 1 atom stereocenters. The summed E-state index contributed by atoms with van der Waals surface area (Å²) in [6.07, 6.45) is 75.2. The van der Waals surface area contributed by atoms with Crippen molar-refractivity contribution < 1.29 is 28.6 Å². The number of rotatable bonds is 42. The predicted octanol–water partition coefficient (Wildman–Crippen LogP) is 16.6. The Bertz CT molecular complexity index is 1540. The van der Waals surface area contributed by atoms with Crippen molar-refractivity contribution in [3.8, 4) is 0 Å². The first kappa shape index (κ1) is 60.0. The first-order valence-corrected chi connectivity index (χ1v) is 25.0. The Morgan fingerprint density at radius 1 is 0.308 bits per heavy atom. The van der Waals surface area contributed by atoms with Crippen LogP contribution in [0.1, 0.15) is 175 Å². The molecule has 0 aromatic rings. The Labute approximate surface area is 397 Å². The van der Waals surface area contributed by atoms with Crippen LogP contribution >= 0.6 is 0 Å². The van der Waals surface area contributed by atoms with Crippen molar-refractivity contribution in [1.82, 2.24) is 0 Å². The molecule has 360 valence electrons. The van der Waals surface area contributed by atoms with Gasteiger partial charge in [0.15, 0.2) is 6.10 Å². The van der Waals surface area contributed by atoms with E-state index < -0.39 is 12.1 Å². The third-order valence-electron chi connectivity index (χ3n) is 9.51. The zero-order valence-corrected chi connectivity index (χ0v) is 40.9. The molecule has 0 bridgehead atoms. The quantitative estimate of drug-likeness (QED) is 0.0263. The lowest BCUT2D eigenvalue weighted by atomic mass is 10.1. The van der Waals surface area contributed by atoms with Crippen molar-refractivity contribution in [2.75, 3.05) is 13.2 Å². The van der Waals surface area contributed by atoms with Gasteiger partial charge in [-0.05, 0) is 128 Å². The van der Waals surface area contributed by atoms with E-state index in [2.05, 4.69) is 179 Å². The molecule has 0 spiro atoms. The van der Waals surface area contributed by atoms with Crippen LogP contribution in [0.2, 0.25) is 0 Å². The summed E-state index contributed by atoms with van der Waals surface area (Å²) < 4.78 is 16.6. The highest BCUT2D eigenvalue weighted by Gasteiger charge is 2.19. The molecule has 0 amide bonds. The third kappa shape index (κ3) is 49.9. The first-order valence-electron chi connectivity index (χ1n) is 25.0. The molecule has 0 aliphatic carbocycles. The summed E-state index contributed by atoms with van der Waals surface area (Å²) >= 11 is 0. The molecule has 0 fully saturated rings. The van der Waals surface area contributed by atoms with Gasteiger partial charge in [-0.15, -0.1) is 0 Å². The van der Waals surface area contributed by atoms with Gasteiger partial charge in [0.1, 0.15) is 13.2 Å². The van der Waals surface area contributed by atoms with E-state index in [0.717, 1.165) is 122 Å². The van der Waals surface area contributed by atoms with Crippen LogP contribution < -0.4 is 0 Å². The molecule has 0 rings (SSSR count). The predicted molar refractivity (Wildman–Crippen MR) is 278 cm³/mol.